The molecule has 0 saturated carbocycles. The zero-order chi connectivity index (χ0) is 18.4. The maximum Gasteiger partial charge on any atom is 0.216 e. The number of hydrogen-bond donors (Lipinski definition) is 2. The number of aromatic nitrogens is 4. The van der Waals surface area contributed by atoms with E-state index in [1.165, 1.54) is 18.3 Å². The summed E-state index contributed by atoms with van der Waals surface area (Å²) in [4.78, 5) is 0. The van der Waals surface area contributed by atoms with Gasteiger partial charge in [0.2, 0.25) is 5.82 Å². The van der Waals surface area contributed by atoms with Crippen LogP contribution in [0.3, 0.4) is 0 Å². The van der Waals surface area contributed by atoms with Gasteiger partial charge >= 0.3 is 0 Å². The van der Waals surface area contributed by atoms with E-state index < -0.39 is 0 Å². The number of aromatic amines is 1. The molecule has 9 heteroatoms. The Kier molecular flexibility index (Phi) is 5.41. The second kappa shape index (κ2) is 8.09. The number of anilines is 1. The van der Waals surface area contributed by atoms with E-state index in [0.717, 1.165) is 0 Å². The van der Waals surface area contributed by atoms with Crippen molar-refractivity contribution in [3.05, 3.63) is 70.9 Å². The smallest absolute Gasteiger partial charge is 0.216 e. The minimum Gasteiger partial charge on any atom is -0.489 e. The zero-order valence-corrected chi connectivity index (χ0v) is 14.0. The summed E-state index contributed by atoms with van der Waals surface area (Å²) in [5, 5.41) is 25.6. The molecule has 0 unspecified atom stereocenters. The summed E-state index contributed by atoms with van der Waals surface area (Å²) in [6.45, 7) is 0.219. The second-order valence-electron chi connectivity index (χ2n) is 5.11. The number of benzene rings is 2. The van der Waals surface area contributed by atoms with Crippen molar-refractivity contribution < 1.29 is 9.13 Å². The van der Waals surface area contributed by atoms with Crippen LogP contribution in [0.5, 0.6) is 5.75 Å². The first kappa shape index (κ1) is 17.4. The van der Waals surface area contributed by atoms with Gasteiger partial charge in [0.05, 0.1) is 10.7 Å². The van der Waals surface area contributed by atoms with Crippen LogP contribution in [0.1, 0.15) is 11.4 Å². The normalized spacial score (nSPS) is 11.0. The summed E-state index contributed by atoms with van der Waals surface area (Å²) in [5.41, 5.74) is 1.48. The van der Waals surface area contributed by atoms with Crippen molar-refractivity contribution in [1.29, 1.82) is 5.26 Å². The van der Waals surface area contributed by atoms with Crippen LogP contribution in [-0.2, 0) is 6.61 Å². The largest absolute Gasteiger partial charge is 0.489 e. The van der Waals surface area contributed by atoms with Gasteiger partial charge in [0.15, 0.2) is 0 Å². The Morgan fingerprint density at radius 2 is 2.23 bits per heavy atom. The predicted molar refractivity (Wildman–Crippen MR) is 93.6 cm³/mol. The van der Waals surface area contributed by atoms with Crippen LogP contribution >= 0.6 is 11.6 Å². The molecule has 0 aliphatic rings. The number of rotatable bonds is 6. The van der Waals surface area contributed by atoms with Gasteiger partial charge in [-0.25, -0.2) is 4.39 Å². The van der Waals surface area contributed by atoms with Crippen molar-refractivity contribution in [3.63, 3.8) is 0 Å². The quantitative estimate of drug-likeness (QED) is 0.644. The van der Waals surface area contributed by atoms with Crippen molar-refractivity contribution in [3.8, 4) is 11.8 Å². The van der Waals surface area contributed by atoms with Gasteiger partial charge in [0, 0.05) is 12.3 Å². The molecule has 2 N–H and O–H groups in total. The lowest BCUT2D eigenvalue weighted by Crippen LogP contribution is -1.97. The number of tetrazole rings is 1. The Bertz CT molecular complexity index is 968. The minimum atomic E-state index is -0.314. The number of nitrogens with zero attached hydrogens (tertiary/aromatic N) is 4. The molecule has 7 nitrogen and oxygen atoms in total. The Morgan fingerprint density at radius 1 is 1.35 bits per heavy atom. The van der Waals surface area contributed by atoms with Gasteiger partial charge < -0.3 is 10.1 Å². The standard InChI is InChI=1S/C17H12ClFN6O/c18-15-7-14(26-10-11-2-1-3-13(19)6-11)4-5-16(15)21-9-12(8-20)17-22-24-25-23-17/h1-7,9,21H,10H2,(H,22,23,24,25). The first-order chi connectivity index (χ1) is 12.7. The molecule has 2 aromatic carbocycles. The zero-order valence-electron chi connectivity index (χ0n) is 13.3. The van der Waals surface area contributed by atoms with E-state index in [1.54, 1.807) is 30.3 Å². The molecule has 26 heavy (non-hydrogen) atoms. The fraction of sp³-hybridized carbons (Fsp3) is 0.0588. The van der Waals surface area contributed by atoms with Crippen LogP contribution in [0.15, 0.2) is 48.7 Å². The number of nitrogens with one attached hydrogen (secondary N) is 2. The summed E-state index contributed by atoms with van der Waals surface area (Å²) < 4.78 is 18.8. The van der Waals surface area contributed by atoms with Crippen molar-refractivity contribution in [1.82, 2.24) is 20.6 Å². The van der Waals surface area contributed by atoms with E-state index in [1.807, 2.05) is 6.07 Å². The number of H-pyrrole nitrogens is 1. The molecular formula is C17H12ClFN6O. The molecule has 0 aliphatic heterocycles. The van der Waals surface area contributed by atoms with Crippen LogP contribution in [0.25, 0.3) is 5.57 Å². The SMILES string of the molecule is N#CC(=CNc1ccc(OCc2cccc(F)c2)cc1Cl)c1nn[nH]n1. The summed E-state index contributed by atoms with van der Waals surface area (Å²) >= 11 is 6.22. The van der Waals surface area contributed by atoms with Crippen LogP contribution in [0.2, 0.25) is 5.02 Å². The lowest BCUT2D eigenvalue weighted by molar-refractivity contribution is 0.305. The molecule has 0 radical (unpaired) electrons. The molecule has 0 saturated heterocycles. The van der Waals surface area contributed by atoms with Gasteiger partial charge in [-0.1, -0.05) is 23.7 Å². The highest BCUT2D eigenvalue weighted by molar-refractivity contribution is 6.33. The average molecular weight is 371 g/mol. The van der Waals surface area contributed by atoms with Gasteiger partial charge in [-0.05, 0) is 35.0 Å². The first-order valence-corrected chi connectivity index (χ1v) is 7.81. The Balaban J connectivity index is 1.67. The Hall–Kier alpha value is -3.44. The highest BCUT2D eigenvalue weighted by Gasteiger charge is 2.07. The molecule has 3 aromatic rings. The van der Waals surface area contributed by atoms with Crippen LogP contribution in [0.4, 0.5) is 10.1 Å². The van der Waals surface area contributed by atoms with Crippen LogP contribution in [-0.4, -0.2) is 20.6 Å². The second-order valence-corrected chi connectivity index (χ2v) is 5.52. The fourth-order valence-corrected chi connectivity index (χ4v) is 2.29. The molecule has 3 rings (SSSR count). The van der Waals surface area contributed by atoms with Crippen molar-refractivity contribution in [2.24, 2.45) is 0 Å². The number of hydrogen-bond acceptors (Lipinski definition) is 6. The third kappa shape index (κ3) is 4.34. The average Bonchev–Trinajstić information content (AvgIpc) is 3.16. The maximum absolute atomic E-state index is 13.2. The maximum atomic E-state index is 13.2. The van der Waals surface area contributed by atoms with Gasteiger partial charge in [-0.2, -0.15) is 10.5 Å². The number of halogens is 2. The lowest BCUT2D eigenvalue weighted by atomic mass is 10.2. The minimum absolute atomic E-state index is 0.172. The van der Waals surface area contributed by atoms with E-state index in [4.69, 9.17) is 21.6 Å². The Morgan fingerprint density at radius 3 is 2.92 bits per heavy atom. The van der Waals surface area contributed by atoms with E-state index in [0.29, 0.717) is 22.0 Å². The van der Waals surface area contributed by atoms with Crippen molar-refractivity contribution in [2.75, 3.05) is 5.32 Å². The van der Waals surface area contributed by atoms with Gasteiger partial charge in [-0.15, -0.1) is 10.2 Å². The lowest BCUT2D eigenvalue weighted by Gasteiger charge is -2.09. The summed E-state index contributed by atoms with van der Waals surface area (Å²) in [7, 11) is 0. The first-order valence-electron chi connectivity index (χ1n) is 7.43. The molecule has 0 atom stereocenters. The number of ether oxygens (including phenoxy) is 1. The third-order valence-electron chi connectivity index (χ3n) is 3.31. The summed E-state index contributed by atoms with van der Waals surface area (Å²) in [5.74, 6) is 0.393. The molecule has 1 heterocycles. The predicted octanol–water partition coefficient (Wildman–Crippen LogP) is 3.55. The van der Waals surface area contributed by atoms with Gasteiger partial charge in [0.1, 0.15) is 29.8 Å². The van der Waals surface area contributed by atoms with E-state index in [9.17, 15) is 4.39 Å². The molecule has 0 spiro atoms. The molecule has 0 amide bonds. The molecular weight excluding hydrogens is 359 g/mol. The highest BCUT2D eigenvalue weighted by atomic mass is 35.5. The molecule has 1 aromatic heterocycles. The summed E-state index contributed by atoms with van der Waals surface area (Å²) in [6, 6.07) is 13.2. The fourth-order valence-electron chi connectivity index (χ4n) is 2.07. The molecule has 0 fully saturated rings. The van der Waals surface area contributed by atoms with Gasteiger partial charge in [-0.3, -0.25) is 0 Å². The highest BCUT2D eigenvalue weighted by Crippen LogP contribution is 2.27. The summed E-state index contributed by atoms with van der Waals surface area (Å²) in [6.07, 6.45) is 1.43. The van der Waals surface area contributed by atoms with E-state index in [2.05, 4.69) is 25.9 Å². The number of allylic oxidation sites excluding steroid dienone is 1. The third-order valence-corrected chi connectivity index (χ3v) is 3.63. The van der Waals surface area contributed by atoms with E-state index >= 15 is 0 Å². The van der Waals surface area contributed by atoms with Gasteiger partial charge in [0.25, 0.3) is 0 Å². The van der Waals surface area contributed by atoms with Crippen molar-refractivity contribution in [2.45, 2.75) is 6.61 Å². The van der Waals surface area contributed by atoms with Crippen molar-refractivity contribution >= 4 is 22.9 Å². The molecule has 0 bridgehead atoms. The number of nitriles is 1. The van der Waals surface area contributed by atoms with Crippen LogP contribution in [0, 0.1) is 17.1 Å². The Labute approximate surface area is 153 Å². The molecule has 0 aliphatic carbocycles. The topological polar surface area (TPSA) is 99.5 Å². The van der Waals surface area contributed by atoms with Crippen LogP contribution < -0.4 is 10.1 Å². The molecule has 130 valence electrons. The van der Waals surface area contributed by atoms with E-state index in [-0.39, 0.29) is 23.8 Å². The monoisotopic (exact) mass is 370 g/mol.